The van der Waals surface area contributed by atoms with Crippen molar-refractivity contribution in [2.75, 3.05) is 33.4 Å². The molecule has 0 saturated heterocycles. The molecule has 0 bridgehead atoms. The quantitative estimate of drug-likeness (QED) is 0.631. The van der Waals surface area contributed by atoms with Crippen molar-refractivity contribution in [3.63, 3.8) is 0 Å². The van der Waals surface area contributed by atoms with E-state index in [4.69, 9.17) is 4.74 Å². The summed E-state index contributed by atoms with van der Waals surface area (Å²) in [5.74, 6) is 0.922. The predicted molar refractivity (Wildman–Crippen MR) is 87.2 cm³/mol. The van der Waals surface area contributed by atoms with Gasteiger partial charge >= 0.3 is 0 Å². The molecule has 3 nitrogen and oxygen atoms in total. The average molecular weight is 284 g/mol. The summed E-state index contributed by atoms with van der Waals surface area (Å²) in [7, 11) is 1.80. The lowest BCUT2D eigenvalue weighted by molar-refractivity contribution is 0.0746. The van der Waals surface area contributed by atoms with Gasteiger partial charge in [-0.25, -0.2) is 0 Å². The molecule has 1 N–H and O–H groups in total. The lowest BCUT2D eigenvalue weighted by atomic mass is 9.86. The summed E-state index contributed by atoms with van der Waals surface area (Å²) in [5.41, 5.74) is 0.348. The molecule has 20 heavy (non-hydrogen) atoms. The van der Waals surface area contributed by atoms with Crippen molar-refractivity contribution in [2.24, 2.45) is 11.3 Å². The van der Waals surface area contributed by atoms with Crippen LogP contribution in [0.25, 0.3) is 0 Å². The zero-order chi connectivity index (χ0) is 15.2. The van der Waals surface area contributed by atoms with E-state index in [0.29, 0.717) is 17.5 Å². The molecule has 1 saturated carbocycles. The van der Waals surface area contributed by atoms with Crippen molar-refractivity contribution < 1.29 is 4.74 Å². The topological polar surface area (TPSA) is 24.5 Å². The van der Waals surface area contributed by atoms with Gasteiger partial charge in [0.05, 0.1) is 6.61 Å². The van der Waals surface area contributed by atoms with E-state index in [-0.39, 0.29) is 0 Å². The van der Waals surface area contributed by atoms with Gasteiger partial charge in [-0.3, -0.25) is 4.90 Å². The van der Waals surface area contributed by atoms with E-state index in [1.807, 2.05) is 0 Å². The first-order chi connectivity index (χ1) is 9.41. The standard InChI is InChI=1S/C17H36N2O/c1-7-17(5,12-18-14(2)3)13-19(10-11-20-6)15(4)16-8-9-16/h14-16,18H,7-13H2,1-6H3. The molecule has 1 aliphatic rings. The number of hydrogen-bond acceptors (Lipinski definition) is 3. The first-order valence-corrected chi connectivity index (χ1v) is 8.38. The van der Waals surface area contributed by atoms with Crippen LogP contribution < -0.4 is 5.32 Å². The van der Waals surface area contributed by atoms with Crippen LogP contribution in [0.4, 0.5) is 0 Å². The Morgan fingerprint density at radius 3 is 2.40 bits per heavy atom. The Balaban J connectivity index is 2.58. The Hall–Kier alpha value is -0.120. The van der Waals surface area contributed by atoms with E-state index in [9.17, 15) is 0 Å². The molecule has 3 heteroatoms. The summed E-state index contributed by atoms with van der Waals surface area (Å²) in [5, 5.41) is 3.62. The molecule has 1 aliphatic carbocycles. The number of nitrogens with zero attached hydrogens (tertiary/aromatic N) is 1. The molecule has 0 amide bonds. The molecule has 0 aromatic heterocycles. The van der Waals surface area contributed by atoms with Crippen molar-refractivity contribution >= 4 is 0 Å². The highest BCUT2D eigenvalue weighted by atomic mass is 16.5. The highest BCUT2D eigenvalue weighted by Gasteiger charge is 2.35. The number of nitrogens with one attached hydrogen (secondary N) is 1. The summed E-state index contributed by atoms with van der Waals surface area (Å²) in [6, 6.07) is 1.27. The van der Waals surface area contributed by atoms with Gasteiger partial charge in [-0.1, -0.05) is 27.7 Å². The molecule has 2 atom stereocenters. The zero-order valence-corrected chi connectivity index (χ0v) is 14.5. The van der Waals surface area contributed by atoms with Crippen LogP contribution in [0, 0.1) is 11.3 Å². The molecule has 0 radical (unpaired) electrons. The SMILES string of the molecule is CCC(C)(CNC(C)C)CN(CCOC)C(C)C1CC1. The van der Waals surface area contributed by atoms with Crippen molar-refractivity contribution in [2.45, 2.75) is 66.0 Å². The van der Waals surface area contributed by atoms with Crippen LogP contribution in [0.3, 0.4) is 0 Å². The number of rotatable bonds is 11. The summed E-state index contributed by atoms with van der Waals surface area (Å²) >= 11 is 0. The molecule has 1 fully saturated rings. The van der Waals surface area contributed by atoms with Gasteiger partial charge in [-0.05, 0) is 37.5 Å². The predicted octanol–water partition coefficient (Wildman–Crippen LogP) is 3.15. The van der Waals surface area contributed by atoms with Crippen LogP contribution >= 0.6 is 0 Å². The molecule has 0 spiro atoms. The number of hydrogen-bond donors (Lipinski definition) is 1. The van der Waals surface area contributed by atoms with Gasteiger partial charge < -0.3 is 10.1 Å². The second-order valence-electron chi connectivity index (χ2n) is 7.24. The van der Waals surface area contributed by atoms with Crippen molar-refractivity contribution in [1.82, 2.24) is 10.2 Å². The van der Waals surface area contributed by atoms with Crippen LogP contribution in [-0.4, -0.2) is 50.3 Å². The largest absolute Gasteiger partial charge is 0.383 e. The minimum atomic E-state index is 0.348. The fourth-order valence-corrected chi connectivity index (χ4v) is 2.75. The van der Waals surface area contributed by atoms with Gasteiger partial charge in [0.15, 0.2) is 0 Å². The van der Waals surface area contributed by atoms with E-state index < -0.39 is 0 Å². The first kappa shape index (κ1) is 17.9. The minimum absolute atomic E-state index is 0.348. The molecule has 120 valence electrons. The maximum Gasteiger partial charge on any atom is 0.0589 e. The molecule has 1 rings (SSSR count). The molecule has 0 heterocycles. The number of ether oxygens (including phenoxy) is 1. The molecular formula is C17H36N2O. The van der Waals surface area contributed by atoms with Crippen LogP contribution in [0.1, 0.15) is 53.9 Å². The van der Waals surface area contributed by atoms with Gasteiger partial charge in [-0.15, -0.1) is 0 Å². The smallest absolute Gasteiger partial charge is 0.0589 e. The van der Waals surface area contributed by atoms with Gasteiger partial charge in [0, 0.05) is 38.8 Å². The maximum absolute atomic E-state index is 5.31. The Kier molecular flexibility index (Phi) is 7.49. The highest BCUT2D eigenvalue weighted by Crippen LogP contribution is 2.36. The lowest BCUT2D eigenvalue weighted by Crippen LogP contribution is -2.48. The Labute approximate surface area is 126 Å². The second-order valence-corrected chi connectivity index (χ2v) is 7.24. The van der Waals surface area contributed by atoms with E-state index >= 15 is 0 Å². The van der Waals surface area contributed by atoms with E-state index in [1.54, 1.807) is 7.11 Å². The van der Waals surface area contributed by atoms with Gasteiger partial charge in [0.2, 0.25) is 0 Å². The normalized spacial score (nSPS) is 20.4. The van der Waals surface area contributed by atoms with Crippen LogP contribution in [0.2, 0.25) is 0 Å². The Morgan fingerprint density at radius 2 is 1.95 bits per heavy atom. The average Bonchev–Trinajstić information content (AvgIpc) is 3.25. The number of methoxy groups -OCH3 is 1. The van der Waals surface area contributed by atoms with Gasteiger partial charge in [0.1, 0.15) is 0 Å². The minimum Gasteiger partial charge on any atom is -0.383 e. The summed E-state index contributed by atoms with van der Waals surface area (Å²) in [6.07, 6.45) is 4.04. The first-order valence-electron chi connectivity index (χ1n) is 8.38. The van der Waals surface area contributed by atoms with E-state index in [2.05, 4.69) is 44.8 Å². The summed E-state index contributed by atoms with van der Waals surface area (Å²) in [4.78, 5) is 2.66. The monoisotopic (exact) mass is 284 g/mol. The van der Waals surface area contributed by atoms with Crippen molar-refractivity contribution in [1.29, 1.82) is 0 Å². The maximum atomic E-state index is 5.31. The fraction of sp³-hybridized carbons (Fsp3) is 1.00. The molecule has 0 aromatic carbocycles. The summed E-state index contributed by atoms with van der Waals surface area (Å²) < 4.78 is 5.31. The third-order valence-corrected chi connectivity index (χ3v) is 4.84. The lowest BCUT2D eigenvalue weighted by Gasteiger charge is -2.39. The van der Waals surface area contributed by atoms with E-state index in [0.717, 1.165) is 25.6 Å². The zero-order valence-electron chi connectivity index (χ0n) is 14.5. The Morgan fingerprint density at radius 1 is 1.30 bits per heavy atom. The van der Waals surface area contributed by atoms with Crippen LogP contribution in [-0.2, 0) is 4.74 Å². The van der Waals surface area contributed by atoms with Crippen LogP contribution in [0.15, 0.2) is 0 Å². The molecule has 0 aromatic rings. The highest BCUT2D eigenvalue weighted by molar-refractivity contribution is 4.89. The summed E-state index contributed by atoms with van der Waals surface area (Å²) in [6.45, 7) is 15.8. The van der Waals surface area contributed by atoms with E-state index in [1.165, 1.54) is 25.8 Å². The van der Waals surface area contributed by atoms with Gasteiger partial charge in [-0.2, -0.15) is 0 Å². The molecular weight excluding hydrogens is 248 g/mol. The third-order valence-electron chi connectivity index (χ3n) is 4.84. The van der Waals surface area contributed by atoms with Crippen LogP contribution in [0.5, 0.6) is 0 Å². The Bertz CT molecular complexity index is 266. The molecule has 0 aliphatic heterocycles. The molecule has 2 unspecified atom stereocenters. The van der Waals surface area contributed by atoms with Gasteiger partial charge in [0.25, 0.3) is 0 Å². The second kappa shape index (κ2) is 8.35. The van der Waals surface area contributed by atoms with Crippen molar-refractivity contribution in [3.05, 3.63) is 0 Å². The van der Waals surface area contributed by atoms with Crippen molar-refractivity contribution in [3.8, 4) is 0 Å². The fourth-order valence-electron chi connectivity index (χ4n) is 2.75. The third kappa shape index (κ3) is 6.11.